The predicted octanol–water partition coefficient (Wildman–Crippen LogP) is 4.21. The maximum atomic E-state index is 13.6. The van der Waals surface area contributed by atoms with Gasteiger partial charge in [0.25, 0.3) is 5.91 Å². The number of rotatable bonds is 7. The quantitative estimate of drug-likeness (QED) is 0.473. The number of ether oxygens (including phenoxy) is 1. The number of aryl methyl sites for hydroxylation is 1. The van der Waals surface area contributed by atoms with Gasteiger partial charge in [-0.3, -0.25) is 4.79 Å². The van der Waals surface area contributed by atoms with Gasteiger partial charge in [0.1, 0.15) is 11.6 Å². The molecule has 0 saturated heterocycles. The van der Waals surface area contributed by atoms with Crippen molar-refractivity contribution in [2.45, 2.75) is 17.6 Å². The fourth-order valence-corrected chi connectivity index (χ4v) is 3.28. The van der Waals surface area contributed by atoms with Crippen LogP contribution in [0.1, 0.15) is 21.8 Å². The van der Waals surface area contributed by atoms with Crippen LogP contribution in [0, 0.1) is 12.7 Å². The first-order chi connectivity index (χ1) is 13.5. The molecular formula is C20H17FN2O4S. The molecule has 0 aliphatic carbocycles. The van der Waals surface area contributed by atoms with E-state index in [4.69, 9.17) is 9.26 Å². The van der Waals surface area contributed by atoms with E-state index < -0.39 is 24.3 Å². The highest BCUT2D eigenvalue weighted by Gasteiger charge is 2.16. The molecule has 0 atom stereocenters. The normalized spacial score (nSPS) is 10.5. The summed E-state index contributed by atoms with van der Waals surface area (Å²) < 4.78 is 23.7. The van der Waals surface area contributed by atoms with E-state index in [9.17, 15) is 14.0 Å². The maximum absolute atomic E-state index is 13.6. The molecule has 0 unspecified atom stereocenters. The molecule has 1 amide bonds. The minimum atomic E-state index is -0.636. The summed E-state index contributed by atoms with van der Waals surface area (Å²) in [7, 11) is 0. The van der Waals surface area contributed by atoms with Gasteiger partial charge in [-0.05, 0) is 31.2 Å². The molecule has 1 heterocycles. The third-order valence-electron chi connectivity index (χ3n) is 3.64. The van der Waals surface area contributed by atoms with E-state index in [-0.39, 0.29) is 5.69 Å². The fourth-order valence-electron chi connectivity index (χ4n) is 2.36. The van der Waals surface area contributed by atoms with Crippen molar-refractivity contribution in [1.82, 2.24) is 5.16 Å². The first kappa shape index (κ1) is 19.6. The smallest absolute Gasteiger partial charge is 0.339 e. The highest BCUT2D eigenvalue weighted by atomic mass is 32.2. The molecule has 0 aliphatic heterocycles. The molecule has 0 bridgehead atoms. The number of esters is 1. The first-order valence-corrected chi connectivity index (χ1v) is 9.37. The Morgan fingerprint density at radius 1 is 1.18 bits per heavy atom. The molecule has 3 aromatic rings. The Balaban J connectivity index is 1.58. The number of hydrogen-bond donors (Lipinski definition) is 1. The monoisotopic (exact) mass is 400 g/mol. The number of anilines is 1. The Morgan fingerprint density at radius 3 is 2.68 bits per heavy atom. The number of aromatic nitrogens is 1. The van der Waals surface area contributed by atoms with Gasteiger partial charge in [0.2, 0.25) is 0 Å². The summed E-state index contributed by atoms with van der Waals surface area (Å²) in [6.45, 7) is 1.29. The van der Waals surface area contributed by atoms with Crippen LogP contribution >= 0.6 is 11.8 Å². The number of thioether (sulfide) groups is 1. The molecule has 0 saturated carbocycles. The lowest BCUT2D eigenvalue weighted by molar-refractivity contribution is -0.119. The van der Waals surface area contributed by atoms with Crippen molar-refractivity contribution in [2.24, 2.45) is 0 Å². The summed E-state index contributed by atoms with van der Waals surface area (Å²) in [4.78, 5) is 25.0. The Kier molecular flexibility index (Phi) is 6.44. The van der Waals surface area contributed by atoms with E-state index in [1.54, 1.807) is 37.3 Å². The molecule has 0 aliphatic rings. The van der Waals surface area contributed by atoms with Gasteiger partial charge in [-0.1, -0.05) is 29.4 Å². The summed E-state index contributed by atoms with van der Waals surface area (Å²) in [6, 6.07) is 14.5. The second kappa shape index (κ2) is 9.18. The van der Waals surface area contributed by atoms with E-state index in [1.807, 2.05) is 6.07 Å². The van der Waals surface area contributed by atoms with Crippen LogP contribution in [-0.4, -0.2) is 23.6 Å². The summed E-state index contributed by atoms with van der Waals surface area (Å²) in [5.74, 6) is -0.587. The number of amides is 1. The van der Waals surface area contributed by atoms with Crippen LogP contribution in [0.15, 0.2) is 64.0 Å². The lowest BCUT2D eigenvalue weighted by atomic mass is 10.2. The number of para-hydroxylation sites is 1. The Hall–Kier alpha value is -3.13. The maximum Gasteiger partial charge on any atom is 0.339 e. The number of nitrogens with one attached hydrogen (secondary N) is 1. The summed E-state index contributed by atoms with van der Waals surface area (Å²) in [5, 5.41) is 6.28. The van der Waals surface area contributed by atoms with Gasteiger partial charge in [0.15, 0.2) is 6.61 Å². The number of nitrogens with zero attached hydrogens (tertiary/aromatic N) is 1. The van der Waals surface area contributed by atoms with Crippen molar-refractivity contribution < 1.29 is 23.2 Å². The molecule has 6 nitrogen and oxygen atoms in total. The van der Waals surface area contributed by atoms with Crippen LogP contribution in [0.3, 0.4) is 0 Å². The number of hydrogen-bond acceptors (Lipinski definition) is 6. The average Bonchev–Trinajstić information content (AvgIpc) is 3.12. The lowest BCUT2D eigenvalue weighted by Gasteiger charge is -2.09. The molecule has 1 aromatic heterocycles. The first-order valence-electron chi connectivity index (χ1n) is 8.38. The minimum absolute atomic E-state index is 0.0300. The SMILES string of the molecule is Cc1cc(CSc2ccccc2C(=O)OCC(=O)Nc2ccccc2F)no1. The number of carbonyl (C=O) groups is 2. The largest absolute Gasteiger partial charge is 0.452 e. The highest BCUT2D eigenvalue weighted by Crippen LogP contribution is 2.26. The van der Waals surface area contributed by atoms with Crippen LogP contribution in [0.4, 0.5) is 10.1 Å². The zero-order valence-corrected chi connectivity index (χ0v) is 15.8. The van der Waals surface area contributed by atoms with Crippen LogP contribution in [0.5, 0.6) is 0 Å². The topological polar surface area (TPSA) is 81.4 Å². The van der Waals surface area contributed by atoms with Gasteiger partial charge in [-0.2, -0.15) is 0 Å². The van der Waals surface area contributed by atoms with Gasteiger partial charge in [-0.15, -0.1) is 11.8 Å². The van der Waals surface area contributed by atoms with E-state index in [1.165, 1.54) is 30.0 Å². The average molecular weight is 400 g/mol. The zero-order chi connectivity index (χ0) is 19.9. The number of carbonyl (C=O) groups excluding carboxylic acids is 2. The van der Waals surface area contributed by atoms with Gasteiger partial charge in [-0.25, -0.2) is 9.18 Å². The number of halogens is 1. The van der Waals surface area contributed by atoms with Gasteiger partial charge >= 0.3 is 5.97 Å². The molecule has 0 fully saturated rings. The standard InChI is InChI=1S/C20H17FN2O4S/c1-13-10-14(23-27-13)12-28-18-9-5-2-6-15(18)20(25)26-11-19(24)22-17-8-4-3-7-16(17)21/h2-10H,11-12H2,1H3,(H,22,24). The van der Waals surface area contributed by atoms with Crippen molar-refractivity contribution >= 4 is 29.3 Å². The second-order valence-electron chi connectivity index (χ2n) is 5.82. The van der Waals surface area contributed by atoms with Crippen LogP contribution < -0.4 is 5.32 Å². The van der Waals surface area contributed by atoms with Crippen molar-refractivity contribution in [2.75, 3.05) is 11.9 Å². The fraction of sp³-hybridized carbons (Fsp3) is 0.150. The minimum Gasteiger partial charge on any atom is -0.452 e. The zero-order valence-electron chi connectivity index (χ0n) is 15.0. The lowest BCUT2D eigenvalue weighted by Crippen LogP contribution is -2.21. The van der Waals surface area contributed by atoms with Crippen LogP contribution in [0.2, 0.25) is 0 Å². The third-order valence-corrected chi connectivity index (χ3v) is 4.75. The van der Waals surface area contributed by atoms with Crippen molar-refractivity contribution in [3.05, 3.63) is 77.4 Å². The predicted molar refractivity (Wildman–Crippen MR) is 103 cm³/mol. The molecule has 1 N–H and O–H groups in total. The molecule has 3 rings (SSSR count). The molecule has 0 spiro atoms. The number of benzene rings is 2. The molecular weight excluding hydrogens is 383 g/mol. The van der Waals surface area contributed by atoms with Crippen molar-refractivity contribution in [1.29, 1.82) is 0 Å². The summed E-state index contributed by atoms with van der Waals surface area (Å²) in [5.41, 5.74) is 1.13. The van der Waals surface area contributed by atoms with E-state index >= 15 is 0 Å². The second-order valence-corrected chi connectivity index (χ2v) is 6.84. The van der Waals surface area contributed by atoms with Crippen molar-refractivity contribution in [3.63, 3.8) is 0 Å². The van der Waals surface area contributed by atoms with Crippen LogP contribution in [0.25, 0.3) is 0 Å². The highest BCUT2D eigenvalue weighted by molar-refractivity contribution is 7.98. The van der Waals surface area contributed by atoms with Crippen molar-refractivity contribution in [3.8, 4) is 0 Å². The Labute approximate surface area is 165 Å². The Bertz CT molecular complexity index is 990. The van der Waals surface area contributed by atoms with Gasteiger partial charge in [0, 0.05) is 16.7 Å². The molecule has 144 valence electrons. The van der Waals surface area contributed by atoms with Gasteiger partial charge in [0.05, 0.1) is 16.9 Å². The van der Waals surface area contributed by atoms with Crippen LogP contribution in [-0.2, 0) is 15.3 Å². The van der Waals surface area contributed by atoms with Gasteiger partial charge < -0.3 is 14.6 Å². The molecule has 2 aromatic carbocycles. The summed E-state index contributed by atoms with van der Waals surface area (Å²) in [6.07, 6.45) is 0. The third kappa shape index (κ3) is 5.20. The van der Waals surface area contributed by atoms with E-state index in [0.29, 0.717) is 22.0 Å². The van der Waals surface area contributed by atoms with E-state index in [2.05, 4.69) is 10.5 Å². The molecule has 8 heteroatoms. The Morgan fingerprint density at radius 2 is 1.93 bits per heavy atom. The summed E-state index contributed by atoms with van der Waals surface area (Å²) >= 11 is 1.41. The molecule has 0 radical (unpaired) electrons. The van der Waals surface area contributed by atoms with E-state index in [0.717, 1.165) is 5.69 Å². The molecule has 28 heavy (non-hydrogen) atoms.